The third-order valence-corrected chi connectivity index (χ3v) is 4.16. The van der Waals surface area contributed by atoms with E-state index in [-0.39, 0.29) is 13.0 Å². The number of carbonyl (C=O) groups is 2. The highest BCUT2D eigenvalue weighted by Gasteiger charge is 2.28. The molecule has 3 aromatic rings. The van der Waals surface area contributed by atoms with Crippen LogP contribution in [0.4, 0.5) is 4.79 Å². The predicted octanol–water partition coefficient (Wildman–Crippen LogP) is 3.74. The Balaban J connectivity index is 1.72. The van der Waals surface area contributed by atoms with E-state index in [1.54, 1.807) is 33.2 Å². The molecule has 0 radical (unpaired) electrons. The molecule has 152 valence electrons. The van der Waals surface area contributed by atoms with Gasteiger partial charge in [-0.25, -0.2) is 14.6 Å². The highest BCUT2D eigenvalue weighted by Crippen LogP contribution is 2.19. The summed E-state index contributed by atoms with van der Waals surface area (Å²) >= 11 is 0. The van der Waals surface area contributed by atoms with E-state index in [0.29, 0.717) is 0 Å². The quantitative estimate of drug-likeness (QED) is 0.620. The van der Waals surface area contributed by atoms with Gasteiger partial charge in [-0.1, -0.05) is 30.3 Å². The number of benzene rings is 1. The van der Waals surface area contributed by atoms with Crippen molar-refractivity contribution in [2.45, 2.75) is 45.4 Å². The van der Waals surface area contributed by atoms with Crippen molar-refractivity contribution in [1.82, 2.24) is 15.3 Å². The standard InChI is InChI=1S/C22H25N3O4/c1-22(2,3)29-20(26)18(12-16-13-24-19-17(16)10-7-11-23-19)25-21(27)28-14-15-8-5-4-6-9-15/h4-11,13,18H,12,14H2,1-3H3,(H,23,24)(H,25,27). The summed E-state index contributed by atoms with van der Waals surface area (Å²) in [6.07, 6.45) is 3.04. The Bertz CT molecular complexity index is 976. The van der Waals surface area contributed by atoms with Gasteiger partial charge >= 0.3 is 12.1 Å². The Hall–Kier alpha value is -3.35. The molecule has 2 N–H and O–H groups in total. The Labute approximate surface area is 169 Å². The molecule has 29 heavy (non-hydrogen) atoms. The van der Waals surface area contributed by atoms with Crippen molar-refractivity contribution in [1.29, 1.82) is 0 Å². The summed E-state index contributed by atoms with van der Waals surface area (Å²) in [5.74, 6) is -0.521. The van der Waals surface area contributed by atoms with Crippen LogP contribution in [0.2, 0.25) is 0 Å². The number of H-pyrrole nitrogens is 1. The van der Waals surface area contributed by atoms with Crippen LogP contribution in [-0.2, 0) is 27.3 Å². The summed E-state index contributed by atoms with van der Waals surface area (Å²) in [5.41, 5.74) is 1.76. The number of hydrogen-bond acceptors (Lipinski definition) is 5. The molecule has 0 aliphatic carbocycles. The molecule has 0 saturated heterocycles. The zero-order valence-corrected chi connectivity index (χ0v) is 16.8. The van der Waals surface area contributed by atoms with Crippen molar-refractivity contribution in [2.24, 2.45) is 0 Å². The van der Waals surface area contributed by atoms with E-state index >= 15 is 0 Å². The zero-order chi connectivity index (χ0) is 20.9. The van der Waals surface area contributed by atoms with Crippen LogP contribution in [0.3, 0.4) is 0 Å². The maximum absolute atomic E-state index is 12.7. The molecule has 0 aliphatic heterocycles. The van der Waals surface area contributed by atoms with E-state index in [4.69, 9.17) is 9.47 Å². The molecule has 0 bridgehead atoms. The van der Waals surface area contributed by atoms with Gasteiger partial charge in [-0.3, -0.25) is 0 Å². The molecule has 0 aliphatic rings. The molecule has 2 heterocycles. The number of aromatic nitrogens is 2. The third kappa shape index (κ3) is 5.81. The van der Waals surface area contributed by atoms with Crippen LogP contribution in [0.1, 0.15) is 31.9 Å². The Morgan fingerprint density at radius 2 is 1.90 bits per heavy atom. The SMILES string of the molecule is CC(C)(C)OC(=O)C(Cc1c[nH]c2ncccc12)NC(=O)OCc1ccccc1. The largest absolute Gasteiger partial charge is 0.458 e. The van der Waals surface area contributed by atoms with E-state index in [1.165, 1.54) is 0 Å². The van der Waals surface area contributed by atoms with E-state index in [2.05, 4.69) is 15.3 Å². The summed E-state index contributed by atoms with van der Waals surface area (Å²) in [7, 11) is 0. The van der Waals surface area contributed by atoms with Gasteiger partial charge in [-0.2, -0.15) is 0 Å². The molecular weight excluding hydrogens is 370 g/mol. The first-order valence-corrected chi connectivity index (χ1v) is 9.43. The summed E-state index contributed by atoms with van der Waals surface area (Å²) in [4.78, 5) is 32.4. The smallest absolute Gasteiger partial charge is 0.408 e. The van der Waals surface area contributed by atoms with Crippen LogP contribution >= 0.6 is 0 Å². The van der Waals surface area contributed by atoms with E-state index in [1.807, 2.05) is 42.5 Å². The number of nitrogens with one attached hydrogen (secondary N) is 2. The van der Waals surface area contributed by atoms with Gasteiger partial charge in [0.15, 0.2) is 0 Å². The lowest BCUT2D eigenvalue weighted by Crippen LogP contribution is -2.45. The summed E-state index contributed by atoms with van der Waals surface area (Å²) < 4.78 is 10.8. The summed E-state index contributed by atoms with van der Waals surface area (Å²) in [6.45, 7) is 5.46. The maximum Gasteiger partial charge on any atom is 0.408 e. The maximum atomic E-state index is 12.7. The molecule has 1 aromatic carbocycles. The second-order valence-corrected chi connectivity index (χ2v) is 7.71. The number of hydrogen-bond donors (Lipinski definition) is 2. The minimum Gasteiger partial charge on any atom is -0.458 e. The second kappa shape index (κ2) is 8.77. The number of amides is 1. The molecule has 1 amide bonds. The Morgan fingerprint density at radius 1 is 1.14 bits per heavy atom. The first-order chi connectivity index (χ1) is 13.8. The van der Waals surface area contributed by atoms with Crippen LogP contribution in [-0.4, -0.2) is 33.7 Å². The highest BCUT2D eigenvalue weighted by atomic mass is 16.6. The van der Waals surface area contributed by atoms with Gasteiger partial charge in [0.1, 0.15) is 23.9 Å². The first-order valence-electron chi connectivity index (χ1n) is 9.43. The van der Waals surface area contributed by atoms with Crippen LogP contribution < -0.4 is 5.32 Å². The van der Waals surface area contributed by atoms with Crippen molar-refractivity contribution in [3.8, 4) is 0 Å². The summed E-state index contributed by atoms with van der Waals surface area (Å²) in [5, 5.41) is 3.53. The fraction of sp³-hybridized carbons (Fsp3) is 0.318. The first kappa shape index (κ1) is 20.4. The van der Waals surface area contributed by atoms with Crippen LogP contribution in [0.25, 0.3) is 11.0 Å². The number of nitrogens with zero attached hydrogens (tertiary/aromatic N) is 1. The van der Waals surface area contributed by atoms with Gasteiger partial charge in [0.05, 0.1) is 0 Å². The van der Waals surface area contributed by atoms with E-state index < -0.39 is 23.7 Å². The van der Waals surface area contributed by atoms with E-state index in [0.717, 1.165) is 22.2 Å². The third-order valence-electron chi connectivity index (χ3n) is 4.16. The lowest BCUT2D eigenvalue weighted by Gasteiger charge is -2.24. The van der Waals surface area contributed by atoms with Crippen LogP contribution in [0.15, 0.2) is 54.9 Å². The number of esters is 1. The lowest BCUT2D eigenvalue weighted by atomic mass is 10.1. The molecular formula is C22H25N3O4. The topological polar surface area (TPSA) is 93.3 Å². The van der Waals surface area contributed by atoms with Crippen LogP contribution in [0.5, 0.6) is 0 Å². The normalized spacial score (nSPS) is 12.4. The van der Waals surface area contributed by atoms with Crippen molar-refractivity contribution >= 4 is 23.1 Å². The van der Waals surface area contributed by atoms with Crippen molar-refractivity contribution < 1.29 is 19.1 Å². The molecule has 7 nitrogen and oxygen atoms in total. The highest BCUT2D eigenvalue weighted by molar-refractivity contribution is 5.84. The number of carbonyl (C=O) groups excluding carboxylic acids is 2. The molecule has 1 unspecified atom stereocenters. The van der Waals surface area contributed by atoms with Gasteiger partial charge in [0.25, 0.3) is 0 Å². The molecule has 1 atom stereocenters. The van der Waals surface area contributed by atoms with Crippen molar-refractivity contribution in [3.63, 3.8) is 0 Å². The molecule has 0 spiro atoms. The van der Waals surface area contributed by atoms with E-state index in [9.17, 15) is 9.59 Å². The summed E-state index contributed by atoms with van der Waals surface area (Å²) in [6, 6.07) is 12.2. The zero-order valence-electron chi connectivity index (χ0n) is 16.8. The number of rotatable bonds is 6. The molecule has 7 heteroatoms. The monoisotopic (exact) mass is 395 g/mol. The second-order valence-electron chi connectivity index (χ2n) is 7.71. The average Bonchev–Trinajstić information content (AvgIpc) is 3.08. The number of ether oxygens (including phenoxy) is 2. The van der Waals surface area contributed by atoms with Crippen molar-refractivity contribution in [3.05, 3.63) is 66.0 Å². The molecule has 3 rings (SSSR count). The van der Waals surface area contributed by atoms with Gasteiger partial charge < -0.3 is 19.8 Å². The van der Waals surface area contributed by atoms with Gasteiger partial charge in [0, 0.05) is 24.2 Å². The Kier molecular flexibility index (Phi) is 6.16. The molecule has 0 fully saturated rings. The van der Waals surface area contributed by atoms with Gasteiger partial charge in [-0.15, -0.1) is 0 Å². The molecule has 2 aromatic heterocycles. The number of fused-ring (bicyclic) bond motifs is 1. The van der Waals surface area contributed by atoms with Crippen molar-refractivity contribution in [2.75, 3.05) is 0 Å². The van der Waals surface area contributed by atoms with Gasteiger partial charge in [0.2, 0.25) is 0 Å². The lowest BCUT2D eigenvalue weighted by molar-refractivity contribution is -0.157. The van der Waals surface area contributed by atoms with Gasteiger partial charge in [-0.05, 0) is 44.0 Å². The fourth-order valence-corrected chi connectivity index (χ4v) is 2.87. The number of alkyl carbamates (subject to hydrolysis) is 1. The minimum atomic E-state index is -0.892. The average molecular weight is 395 g/mol. The number of aromatic amines is 1. The van der Waals surface area contributed by atoms with Crippen LogP contribution in [0, 0.1) is 0 Å². The molecule has 0 saturated carbocycles. The number of pyridine rings is 1. The Morgan fingerprint density at radius 3 is 2.62 bits per heavy atom. The predicted molar refractivity (Wildman–Crippen MR) is 109 cm³/mol. The minimum absolute atomic E-state index is 0.116. The fourth-order valence-electron chi connectivity index (χ4n) is 2.87.